The summed E-state index contributed by atoms with van der Waals surface area (Å²) in [7, 11) is 0. The van der Waals surface area contributed by atoms with Crippen LogP contribution in [0.5, 0.6) is 0 Å². The minimum absolute atomic E-state index is 0.102. The van der Waals surface area contributed by atoms with Gasteiger partial charge in [-0.15, -0.1) is 0 Å². The third-order valence-electron chi connectivity index (χ3n) is 2.62. The van der Waals surface area contributed by atoms with E-state index < -0.39 is 0 Å². The van der Waals surface area contributed by atoms with Gasteiger partial charge in [-0.3, -0.25) is 14.9 Å². The van der Waals surface area contributed by atoms with E-state index in [-0.39, 0.29) is 24.9 Å². The van der Waals surface area contributed by atoms with Gasteiger partial charge in [-0.2, -0.15) is 5.26 Å². The van der Waals surface area contributed by atoms with E-state index in [1.807, 2.05) is 13.0 Å². The van der Waals surface area contributed by atoms with Crippen molar-refractivity contribution < 1.29 is 9.59 Å². The standard InChI is InChI=1S/C12H11N3O2/c1-8-3-2-4-9(5-13)12(8)15-6-10(16)14-11(17)7-15/h2-4H,6-7H2,1H3,(H,14,16,17). The number of carbonyl (C=O) groups is 2. The van der Waals surface area contributed by atoms with Crippen molar-refractivity contribution in [3.8, 4) is 6.07 Å². The zero-order chi connectivity index (χ0) is 12.4. The average molecular weight is 229 g/mol. The van der Waals surface area contributed by atoms with Crippen molar-refractivity contribution in [3.63, 3.8) is 0 Å². The molecule has 2 rings (SSSR count). The molecule has 1 heterocycles. The molecule has 0 aromatic heterocycles. The van der Waals surface area contributed by atoms with E-state index in [1.165, 1.54) is 0 Å². The van der Waals surface area contributed by atoms with E-state index >= 15 is 0 Å². The summed E-state index contributed by atoms with van der Waals surface area (Å²) in [5.41, 5.74) is 2.03. The fourth-order valence-electron chi connectivity index (χ4n) is 1.96. The Kier molecular flexibility index (Phi) is 2.79. The van der Waals surface area contributed by atoms with Gasteiger partial charge in [0.1, 0.15) is 6.07 Å². The SMILES string of the molecule is Cc1cccc(C#N)c1N1CC(=O)NC(=O)C1. The third-order valence-corrected chi connectivity index (χ3v) is 2.62. The van der Waals surface area contributed by atoms with E-state index in [0.717, 1.165) is 5.56 Å². The fourth-order valence-corrected chi connectivity index (χ4v) is 1.96. The van der Waals surface area contributed by atoms with Gasteiger partial charge in [0, 0.05) is 0 Å². The molecule has 1 aliphatic heterocycles. The predicted molar refractivity (Wildman–Crippen MR) is 61.3 cm³/mol. The van der Waals surface area contributed by atoms with E-state index in [9.17, 15) is 9.59 Å². The highest BCUT2D eigenvalue weighted by atomic mass is 16.2. The van der Waals surface area contributed by atoms with E-state index in [0.29, 0.717) is 11.3 Å². The molecule has 86 valence electrons. The van der Waals surface area contributed by atoms with Gasteiger partial charge in [0.25, 0.3) is 0 Å². The fraction of sp³-hybridized carbons (Fsp3) is 0.250. The van der Waals surface area contributed by atoms with Gasteiger partial charge in [-0.05, 0) is 18.6 Å². The molecule has 17 heavy (non-hydrogen) atoms. The number of aryl methyl sites for hydroxylation is 1. The van der Waals surface area contributed by atoms with Gasteiger partial charge in [-0.25, -0.2) is 0 Å². The van der Waals surface area contributed by atoms with Crippen molar-refractivity contribution in [1.82, 2.24) is 5.32 Å². The second-order valence-electron chi connectivity index (χ2n) is 3.91. The van der Waals surface area contributed by atoms with Gasteiger partial charge in [0.15, 0.2) is 0 Å². The zero-order valence-electron chi connectivity index (χ0n) is 9.36. The van der Waals surface area contributed by atoms with Crippen LogP contribution in [0, 0.1) is 18.3 Å². The molecule has 0 aliphatic carbocycles. The Morgan fingerprint density at radius 2 is 1.94 bits per heavy atom. The van der Waals surface area contributed by atoms with Gasteiger partial charge in [0.05, 0.1) is 24.3 Å². The zero-order valence-corrected chi connectivity index (χ0v) is 9.36. The molecule has 0 bridgehead atoms. The maximum atomic E-state index is 11.3. The summed E-state index contributed by atoms with van der Waals surface area (Å²) in [5, 5.41) is 11.3. The smallest absolute Gasteiger partial charge is 0.246 e. The highest BCUT2D eigenvalue weighted by Crippen LogP contribution is 2.25. The molecule has 1 aromatic rings. The lowest BCUT2D eigenvalue weighted by molar-refractivity contribution is -0.130. The number of hydrogen-bond donors (Lipinski definition) is 1. The van der Waals surface area contributed by atoms with Crippen molar-refractivity contribution in [2.24, 2.45) is 0 Å². The maximum Gasteiger partial charge on any atom is 0.246 e. The molecule has 1 aromatic carbocycles. The van der Waals surface area contributed by atoms with Crippen LogP contribution >= 0.6 is 0 Å². The first-order chi connectivity index (χ1) is 8.11. The molecule has 0 radical (unpaired) electrons. The Balaban J connectivity index is 2.43. The van der Waals surface area contributed by atoms with Crippen LogP contribution in [0.1, 0.15) is 11.1 Å². The van der Waals surface area contributed by atoms with Crippen LogP contribution in [-0.4, -0.2) is 24.9 Å². The molecule has 2 amide bonds. The summed E-state index contributed by atoms with van der Waals surface area (Å²) in [6.07, 6.45) is 0. The van der Waals surface area contributed by atoms with E-state index in [2.05, 4.69) is 11.4 Å². The number of amides is 2. The number of hydrogen-bond acceptors (Lipinski definition) is 4. The minimum atomic E-state index is -0.339. The summed E-state index contributed by atoms with van der Waals surface area (Å²) < 4.78 is 0. The molecule has 0 spiro atoms. The molecular formula is C12H11N3O2. The van der Waals surface area contributed by atoms with Gasteiger partial charge < -0.3 is 4.90 Å². The molecule has 0 saturated carbocycles. The number of nitrogens with zero attached hydrogens (tertiary/aromatic N) is 2. The van der Waals surface area contributed by atoms with Crippen LogP contribution < -0.4 is 10.2 Å². The lowest BCUT2D eigenvalue weighted by atomic mass is 10.1. The number of benzene rings is 1. The molecule has 1 fully saturated rings. The largest absolute Gasteiger partial charge is 0.352 e. The van der Waals surface area contributed by atoms with Crippen LogP contribution in [-0.2, 0) is 9.59 Å². The molecular weight excluding hydrogens is 218 g/mol. The van der Waals surface area contributed by atoms with Crippen LogP contribution in [0.3, 0.4) is 0 Å². The van der Waals surface area contributed by atoms with E-state index in [1.54, 1.807) is 17.0 Å². The van der Waals surface area contributed by atoms with Crippen molar-refractivity contribution >= 4 is 17.5 Å². The topological polar surface area (TPSA) is 73.2 Å². The van der Waals surface area contributed by atoms with Crippen molar-refractivity contribution in [2.75, 3.05) is 18.0 Å². The Morgan fingerprint density at radius 1 is 1.29 bits per heavy atom. The van der Waals surface area contributed by atoms with Crippen LogP contribution in [0.2, 0.25) is 0 Å². The summed E-state index contributed by atoms with van der Waals surface area (Å²) in [6, 6.07) is 7.39. The molecule has 0 atom stereocenters. The van der Waals surface area contributed by atoms with Crippen LogP contribution in [0.25, 0.3) is 0 Å². The first-order valence-electron chi connectivity index (χ1n) is 5.19. The lowest BCUT2D eigenvalue weighted by Gasteiger charge is -2.29. The van der Waals surface area contributed by atoms with Crippen LogP contribution in [0.4, 0.5) is 5.69 Å². The minimum Gasteiger partial charge on any atom is -0.352 e. The van der Waals surface area contributed by atoms with Gasteiger partial charge in [0.2, 0.25) is 11.8 Å². The van der Waals surface area contributed by atoms with Crippen molar-refractivity contribution in [2.45, 2.75) is 6.92 Å². The molecule has 1 N–H and O–H groups in total. The highest BCUT2D eigenvalue weighted by Gasteiger charge is 2.25. The number of nitriles is 1. The number of piperazine rings is 1. The quantitative estimate of drug-likeness (QED) is 0.704. The second kappa shape index (κ2) is 4.26. The normalized spacial score (nSPS) is 15.4. The lowest BCUT2D eigenvalue weighted by Crippen LogP contribution is -2.51. The third kappa shape index (κ3) is 2.11. The van der Waals surface area contributed by atoms with Gasteiger partial charge in [-0.1, -0.05) is 12.1 Å². The first-order valence-corrected chi connectivity index (χ1v) is 5.19. The summed E-state index contributed by atoms with van der Waals surface area (Å²) in [6.45, 7) is 2.06. The second-order valence-corrected chi connectivity index (χ2v) is 3.91. The molecule has 0 unspecified atom stereocenters. The Bertz CT molecular complexity index is 515. The summed E-state index contributed by atoms with van der Waals surface area (Å²) in [4.78, 5) is 24.3. The molecule has 1 saturated heterocycles. The molecule has 5 heteroatoms. The predicted octanol–water partition coefficient (Wildman–Crippen LogP) is 0.329. The average Bonchev–Trinajstić information content (AvgIpc) is 2.27. The summed E-state index contributed by atoms with van der Waals surface area (Å²) >= 11 is 0. The Hall–Kier alpha value is -2.35. The molecule has 1 aliphatic rings. The van der Waals surface area contributed by atoms with Gasteiger partial charge >= 0.3 is 0 Å². The first kappa shape index (κ1) is 11.1. The summed E-state index contributed by atoms with van der Waals surface area (Å²) in [5.74, 6) is -0.679. The van der Waals surface area contributed by atoms with E-state index in [4.69, 9.17) is 5.26 Å². The Labute approximate surface area is 98.6 Å². The highest BCUT2D eigenvalue weighted by molar-refractivity contribution is 6.03. The van der Waals surface area contributed by atoms with Crippen LogP contribution in [0.15, 0.2) is 18.2 Å². The number of para-hydroxylation sites is 1. The Morgan fingerprint density at radius 3 is 2.53 bits per heavy atom. The monoisotopic (exact) mass is 229 g/mol. The number of anilines is 1. The number of imide groups is 1. The van der Waals surface area contributed by atoms with Crippen molar-refractivity contribution in [3.05, 3.63) is 29.3 Å². The number of rotatable bonds is 1. The molecule has 5 nitrogen and oxygen atoms in total. The van der Waals surface area contributed by atoms with Crippen molar-refractivity contribution in [1.29, 1.82) is 5.26 Å². The number of nitrogens with one attached hydrogen (secondary N) is 1. The maximum absolute atomic E-state index is 11.3. The number of carbonyl (C=O) groups excluding carboxylic acids is 2.